The van der Waals surface area contributed by atoms with E-state index in [9.17, 15) is 9.50 Å². The number of aliphatic hydroxyl groups is 1. The number of hydrogen-bond donors (Lipinski definition) is 3. The van der Waals surface area contributed by atoms with E-state index in [2.05, 4.69) is 20.5 Å². The highest BCUT2D eigenvalue weighted by Crippen LogP contribution is 2.29. The van der Waals surface area contributed by atoms with Crippen LogP contribution in [0.1, 0.15) is 33.3 Å². The van der Waals surface area contributed by atoms with Gasteiger partial charge in [-0.3, -0.25) is 9.89 Å². The van der Waals surface area contributed by atoms with Crippen molar-refractivity contribution in [3.8, 4) is 0 Å². The Morgan fingerprint density at radius 1 is 1.28 bits per heavy atom. The Labute approximate surface area is 178 Å². The highest BCUT2D eigenvalue weighted by atomic mass is 35.5. The quantitative estimate of drug-likeness (QED) is 0.438. The zero-order valence-electron chi connectivity index (χ0n) is 17.9. The van der Waals surface area contributed by atoms with Crippen LogP contribution in [-0.4, -0.2) is 74.0 Å². The molecule has 3 N–H and O–H groups in total. The second kappa shape index (κ2) is 10.6. The van der Waals surface area contributed by atoms with Gasteiger partial charge in [0, 0.05) is 43.2 Å². The van der Waals surface area contributed by atoms with E-state index in [0.717, 1.165) is 18.7 Å². The fourth-order valence-electron chi connectivity index (χ4n) is 3.32. The molecule has 0 spiro atoms. The highest BCUT2D eigenvalue weighted by Gasteiger charge is 2.26. The maximum absolute atomic E-state index is 13.4. The highest BCUT2D eigenvalue weighted by molar-refractivity contribution is 6.31. The Morgan fingerprint density at radius 2 is 1.97 bits per heavy atom. The zero-order chi connectivity index (χ0) is 21.5. The van der Waals surface area contributed by atoms with Crippen molar-refractivity contribution < 1.29 is 14.2 Å². The van der Waals surface area contributed by atoms with Crippen molar-refractivity contribution in [1.82, 2.24) is 15.5 Å². The van der Waals surface area contributed by atoms with Gasteiger partial charge in [-0.25, -0.2) is 4.39 Å². The Hall–Kier alpha value is -1.41. The van der Waals surface area contributed by atoms with Gasteiger partial charge in [0.25, 0.3) is 0 Å². The molecule has 1 aliphatic heterocycles. The van der Waals surface area contributed by atoms with Crippen molar-refractivity contribution in [2.45, 2.75) is 38.7 Å². The maximum atomic E-state index is 13.4. The van der Waals surface area contributed by atoms with E-state index in [0.29, 0.717) is 43.8 Å². The van der Waals surface area contributed by atoms with Crippen LogP contribution >= 0.6 is 11.6 Å². The third-order valence-electron chi connectivity index (χ3n) is 4.95. The number of ether oxygens (including phenoxy) is 1. The third-order valence-corrected chi connectivity index (χ3v) is 5.26. The van der Waals surface area contributed by atoms with Gasteiger partial charge in [0.05, 0.1) is 25.4 Å². The SMILES string of the molecule is CCNC(=NCC(C)(O)CN1CCOCC1)NCC(C)(C)c1ccc(F)cc1Cl. The van der Waals surface area contributed by atoms with Gasteiger partial charge in [0.15, 0.2) is 5.96 Å². The Balaban J connectivity index is 1.98. The molecule has 1 unspecified atom stereocenters. The van der Waals surface area contributed by atoms with E-state index in [4.69, 9.17) is 16.3 Å². The Morgan fingerprint density at radius 3 is 2.59 bits per heavy atom. The smallest absolute Gasteiger partial charge is 0.191 e. The molecule has 0 radical (unpaired) electrons. The molecule has 0 bridgehead atoms. The van der Waals surface area contributed by atoms with Crippen LogP contribution in [0.5, 0.6) is 0 Å². The lowest BCUT2D eigenvalue weighted by molar-refractivity contribution is -0.0179. The lowest BCUT2D eigenvalue weighted by Gasteiger charge is -2.33. The van der Waals surface area contributed by atoms with Crippen molar-refractivity contribution in [2.24, 2.45) is 4.99 Å². The summed E-state index contributed by atoms with van der Waals surface area (Å²) in [6.45, 7) is 13.0. The van der Waals surface area contributed by atoms with E-state index in [1.54, 1.807) is 13.0 Å². The molecule has 164 valence electrons. The van der Waals surface area contributed by atoms with Crippen molar-refractivity contribution in [2.75, 3.05) is 52.5 Å². The number of nitrogens with one attached hydrogen (secondary N) is 2. The van der Waals surface area contributed by atoms with E-state index in [1.165, 1.54) is 12.1 Å². The van der Waals surface area contributed by atoms with Gasteiger partial charge >= 0.3 is 0 Å². The van der Waals surface area contributed by atoms with Crippen molar-refractivity contribution in [3.63, 3.8) is 0 Å². The van der Waals surface area contributed by atoms with Crippen LogP contribution in [0, 0.1) is 5.82 Å². The van der Waals surface area contributed by atoms with Crippen LogP contribution in [0.2, 0.25) is 5.02 Å². The van der Waals surface area contributed by atoms with Crippen molar-refractivity contribution in [3.05, 3.63) is 34.6 Å². The van der Waals surface area contributed by atoms with Crippen LogP contribution in [0.3, 0.4) is 0 Å². The first-order valence-electron chi connectivity index (χ1n) is 10.1. The van der Waals surface area contributed by atoms with Crippen LogP contribution in [0.4, 0.5) is 4.39 Å². The summed E-state index contributed by atoms with van der Waals surface area (Å²) < 4.78 is 18.7. The number of rotatable bonds is 8. The van der Waals surface area contributed by atoms with Crippen LogP contribution in [-0.2, 0) is 10.2 Å². The second-order valence-corrected chi connectivity index (χ2v) is 8.85. The van der Waals surface area contributed by atoms with Gasteiger partial charge in [0.2, 0.25) is 0 Å². The molecule has 1 fully saturated rings. The summed E-state index contributed by atoms with van der Waals surface area (Å²) >= 11 is 6.24. The Bertz CT molecular complexity index is 691. The molecule has 0 amide bonds. The average Bonchev–Trinajstić information content (AvgIpc) is 2.64. The van der Waals surface area contributed by atoms with E-state index in [1.807, 2.05) is 20.8 Å². The second-order valence-electron chi connectivity index (χ2n) is 8.44. The summed E-state index contributed by atoms with van der Waals surface area (Å²) in [6, 6.07) is 4.47. The topological polar surface area (TPSA) is 69.1 Å². The number of morpholine rings is 1. The molecule has 0 aliphatic carbocycles. The standard InChI is InChI=1S/C21H34ClFN4O2/c1-5-24-19(26-14-21(4,28)15-27-8-10-29-11-9-27)25-13-20(2,3)17-7-6-16(23)12-18(17)22/h6-7,12,28H,5,8-11,13-15H2,1-4H3,(H2,24,25,26). The van der Waals surface area contributed by atoms with E-state index in [-0.39, 0.29) is 17.8 Å². The van der Waals surface area contributed by atoms with E-state index >= 15 is 0 Å². The molecule has 1 aromatic rings. The maximum Gasteiger partial charge on any atom is 0.191 e. The molecule has 1 aromatic carbocycles. The normalized spacial score (nSPS) is 18.4. The number of nitrogens with zero attached hydrogens (tertiary/aromatic N) is 2. The molecule has 2 rings (SSSR count). The predicted octanol–water partition coefficient (Wildman–Crippen LogP) is 2.40. The number of aliphatic imine (C=N–C) groups is 1. The molecule has 0 saturated carbocycles. The lowest BCUT2D eigenvalue weighted by atomic mass is 9.84. The fourth-order valence-corrected chi connectivity index (χ4v) is 3.74. The van der Waals surface area contributed by atoms with Crippen molar-refractivity contribution in [1.29, 1.82) is 0 Å². The summed E-state index contributed by atoms with van der Waals surface area (Å²) in [5.74, 6) is 0.279. The van der Waals surface area contributed by atoms with Crippen LogP contribution in [0.15, 0.2) is 23.2 Å². The van der Waals surface area contributed by atoms with Gasteiger partial charge < -0.3 is 20.5 Å². The minimum absolute atomic E-state index is 0.275. The molecule has 29 heavy (non-hydrogen) atoms. The first-order chi connectivity index (χ1) is 13.6. The predicted molar refractivity (Wildman–Crippen MR) is 116 cm³/mol. The number of guanidine groups is 1. The van der Waals surface area contributed by atoms with Gasteiger partial charge in [-0.1, -0.05) is 31.5 Å². The minimum atomic E-state index is -0.935. The summed E-state index contributed by atoms with van der Waals surface area (Å²) in [4.78, 5) is 6.77. The lowest BCUT2D eigenvalue weighted by Crippen LogP contribution is -2.48. The van der Waals surface area contributed by atoms with E-state index < -0.39 is 5.60 Å². The average molecular weight is 429 g/mol. The van der Waals surface area contributed by atoms with Gasteiger partial charge in [-0.2, -0.15) is 0 Å². The van der Waals surface area contributed by atoms with Crippen LogP contribution < -0.4 is 10.6 Å². The first-order valence-corrected chi connectivity index (χ1v) is 10.5. The molecular weight excluding hydrogens is 395 g/mol. The summed E-state index contributed by atoms with van der Waals surface area (Å²) in [7, 11) is 0. The van der Waals surface area contributed by atoms with Crippen LogP contribution in [0.25, 0.3) is 0 Å². The molecule has 1 aliphatic rings. The zero-order valence-corrected chi connectivity index (χ0v) is 18.7. The molecule has 1 saturated heterocycles. The fraction of sp³-hybridized carbons (Fsp3) is 0.667. The molecular formula is C21H34ClFN4O2. The monoisotopic (exact) mass is 428 g/mol. The number of benzene rings is 1. The molecule has 1 atom stereocenters. The third kappa shape index (κ3) is 7.74. The van der Waals surface area contributed by atoms with Gasteiger partial charge in [-0.15, -0.1) is 0 Å². The molecule has 6 nitrogen and oxygen atoms in total. The van der Waals surface area contributed by atoms with Crippen molar-refractivity contribution >= 4 is 17.6 Å². The van der Waals surface area contributed by atoms with Gasteiger partial charge in [0.1, 0.15) is 5.82 Å². The first kappa shape index (κ1) is 23.9. The summed E-state index contributed by atoms with van der Waals surface area (Å²) in [6.07, 6.45) is 0. The Kier molecular flexibility index (Phi) is 8.70. The molecule has 0 aromatic heterocycles. The minimum Gasteiger partial charge on any atom is -0.387 e. The summed E-state index contributed by atoms with van der Waals surface area (Å²) in [5.41, 5.74) is -0.407. The molecule has 8 heteroatoms. The number of β-amino-alcohol motifs (C(OH)–C–C–N with tert-alkyl or cyclic N) is 1. The number of halogens is 2. The van der Waals surface area contributed by atoms with Gasteiger partial charge in [-0.05, 0) is 31.5 Å². The summed E-state index contributed by atoms with van der Waals surface area (Å²) in [5, 5.41) is 17.7. The molecule has 1 heterocycles. The number of hydrogen-bond acceptors (Lipinski definition) is 4. The largest absolute Gasteiger partial charge is 0.387 e.